The molecule has 25 heavy (non-hydrogen) atoms. The van der Waals surface area contributed by atoms with Crippen LogP contribution in [0.1, 0.15) is 43.3 Å². The Bertz CT molecular complexity index is 692. The van der Waals surface area contributed by atoms with Gasteiger partial charge < -0.3 is 9.47 Å². The van der Waals surface area contributed by atoms with Gasteiger partial charge in [-0.15, -0.1) is 0 Å². The third-order valence-electron chi connectivity index (χ3n) is 5.05. The Hall–Kier alpha value is -2.17. The summed E-state index contributed by atoms with van der Waals surface area (Å²) in [6.45, 7) is 6.60. The molecule has 2 aromatic heterocycles. The maximum Gasteiger partial charge on any atom is 0.224 e. The van der Waals surface area contributed by atoms with Crippen LogP contribution in [-0.4, -0.2) is 38.4 Å². The number of carbonyl (C=O) groups is 1. The molecule has 3 heterocycles. The number of rotatable bonds is 6. The lowest BCUT2D eigenvalue weighted by Crippen LogP contribution is -2.40. The smallest absolute Gasteiger partial charge is 0.224 e. The molecule has 0 radical (unpaired) electrons. The Balaban J connectivity index is 1.51. The van der Waals surface area contributed by atoms with E-state index in [0.29, 0.717) is 12.3 Å². The molecule has 0 saturated carbocycles. The summed E-state index contributed by atoms with van der Waals surface area (Å²) in [6, 6.07) is 4.23. The molecular weight excluding hydrogens is 312 g/mol. The molecule has 0 aromatic carbocycles. The lowest BCUT2D eigenvalue weighted by molar-refractivity contribution is -0.133. The Morgan fingerprint density at radius 3 is 2.96 bits per heavy atom. The third-order valence-corrected chi connectivity index (χ3v) is 5.05. The number of nitrogens with zero attached hydrogens (tertiary/aromatic N) is 4. The number of amides is 1. The first kappa shape index (κ1) is 17.6. The van der Waals surface area contributed by atoms with Crippen molar-refractivity contribution in [3.8, 4) is 0 Å². The van der Waals surface area contributed by atoms with Gasteiger partial charge in [-0.25, -0.2) is 4.98 Å². The van der Waals surface area contributed by atoms with Gasteiger partial charge in [0.1, 0.15) is 5.82 Å². The molecule has 0 bridgehead atoms. The molecule has 1 aliphatic rings. The van der Waals surface area contributed by atoms with Crippen LogP contribution in [0.4, 0.5) is 0 Å². The highest BCUT2D eigenvalue weighted by molar-refractivity contribution is 5.76. The van der Waals surface area contributed by atoms with Gasteiger partial charge in [-0.05, 0) is 43.7 Å². The summed E-state index contributed by atoms with van der Waals surface area (Å²) >= 11 is 0. The molecule has 1 fully saturated rings. The van der Waals surface area contributed by atoms with Gasteiger partial charge in [0.2, 0.25) is 5.91 Å². The lowest BCUT2D eigenvalue weighted by atomic mass is 9.91. The van der Waals surface area contributed by atoms with E-state index in [1.165, 1.54) is 12.0 Å². The van der Waals surface area contributed by atoms with E-state index in [4.69, 9.17) is 0 Å². The van der Waals surface area contributed by atoms with Crippen molar-refractivity contribution in [2.24, 2.45) is 5.92 Å². The van der Waals surface area contributed by atoms with Gasteiger partial charge in [0.05, 0.1) is 0 Å². The van der Waals surface area contributed by atoms with Crippen molar-refractivity contribution >= 4 is 5.91 Å². The molecule has 2 aromatic rings. The van der Waals surface area contributed by atoms with Gasteiger partial charge in [-0.2, -0.15) is 0 Å². The molecule has 1 atom stereocenters. The molecule has 5 nitrogen and oxygen atoms in total. The molecule has 0 N–H and O–H groups in total. The minimum Gasteiger partial charge on any atom is -0.342 e. The van der Waals surface area contributed by atoms with Crippen molar-refractivity contribution in [1.29, 1.82) is 0 Å². The zero-order chi connectivity index (χ0) is 17.6. The van der Waals surface area contributed by atoms with Crippen LogP contribution >= 0.6 is 0 Å². The van der Waals surface area contributed by atoms with E-state index in [0.717, 1.165) is 50.4 Å². The fourth-order valence-electron chi connectivity index (χ4n) is 3.64. The zero-order valence-electron chi connectivity index (χ0n) is 15.3. The second-order valence-electron chi connectivity index (χ2n) is 7.00. The lowest BCUT2D eigenvalue weighted by Gasteiger charge is -2.33. The predicted molar refractivity (Wildman–Crippen MR) is 98.2 cm³/mol. The van der Waals surface area contributed by atoms with Gasteiger partial charge in [0, 0.05) is 56.8 Å². The van der Waals surface area contributed by atoms with Crippen molar-refractivity contribution in [3.05, 3.63) is 47.8 Å². The minimum absolute atomic E-state index is 0.266. The predicted octanol–water partition coefficient (Wildman–Crippen LogP) is 3.02. The number of hydrogen-bond donors (Lipinski definition) is 0. The average Bonchev–Trinajstić information content (AvgIpc) is 3.09. The molecule has 0 spiro atoms. The van der Waals surface area contributed by atoms with Crippen LogP contribution in [0.2, 0.25) is 0 Å². The first-order valence-corrected chi connectivity index (χ1v) is 9.35. The highest BCUT2D eigenvalue weighted by Gasteiger charge is 2.23. The summed E-state index contributed by atoms with van der Waals surface area (Å²) in [5, 5.41) is 0. The number of aryl methyl sites for hydroxylation is 3. The van der Waals surface area contributed by atoms with Crippen LogP contribution in [0.15, 0.2) is 30.7 Å². The second-order valence-corrected chi connectivity index (χ2v) is 7.00. The number of aromatic nitrogens is 3. The molecule has 1 unspecified atom stereocenters. The van der Waals surface area contributed by atoms with Gasteiger partial charge in [-0.3, -0.25) is 9.78 Å². The quantitative estimate of drug-likeness (QED) is 0.812. The van der Waals surface area contributed by atoms with Crippen LogP contribution in [0.3, 0.4) is 0 Å². The highest BCUT2D eigenvalue weighted by Crippen LogP contribution is 2.21. The summed E-state index contributed by atoms with van der Waals surface area (Å²) in [4.78, 5) is 23.4. The largest absolute Gasteiger partial charge is 0.342 e. The van der Waals surface area contributed by atoms with Crippen LogP contribution in [-0.2, 0) is 24.2 Å². The van der Waals surface area contributed by atoms with E-state index >= 15 is 0 Å². The first-order valence-electron chi connectivity index (χ1n) is 9.35. The monoisotopic (exact) mass is 340 g/mol. The van der Waals surface area contributed by atoms with Crippen molar-refractivity contribution in [3.63, 3.8) is 0 Å². The van der Waals surface area contributed by atoms with Crippen LogP contribution in [0.5, 0.6) is 0 Å². The summed E-state index contributed by atoms with van der Waals surface area (Å²) in [6.07, 6.45) is 10.5. The number of likely N-dealkylation sites (tertiary alicyclic amines) is 1. The standard InChI is InChI=1S/C20H28N4O/c1-3-19-21-9-12-23(19)11-8-20(25)24-10-4-5-18(15-24)13-17-7-6-16(2)22-14-17/h6-7,9,12,14,18H,3-5,8,10-11,13,15H2,1-2H3. The van der Waals surface area contributed by atoms with Crippen LogP contribution in [0.25, 0.3) is 0 Å². The highest BCUT2D eigenvalue weighted by atomic mass is 16.2. The molecule has 5 heteroatoms. The SMILES string of the molecule is CCc1nccn1CCC(=O)N1CCCC(Cc2ccc(C)nc2)C1. The molecule has 1 amide bonds. The van der Waals surface area contributed by atoms with Crippen molar-refractivity contribution in [2.45, 2.75) is 52.5 Å². The normalized spacial score (nSPS) is 17.7. The third kappa shape index (κ3) is 4.68. The molecule has 1 aliphatic heterocycles. The molecule has 0 aliphatic carbocycles. The fourth-order valence-corrected chi connectivity index (χ4v) is 3.64. The van der Waals surface area contributed by atoms with E-state index in [1.54, 1.807) is 0 Å². The maximum atomic E-state index is 12.6. The maximum absolute atomic E-state index is 12.6. The number of carbonyl (C=O) groups excluding carboxylic acids is 1. The second kappa shape index (κ2) is 8.28. The van der Waals surface area contributed by atoms with Gasteiger partial charge in [-0.1, -0.05) is 13.0 Å². The Morgan fingerprint density at radius 2 is 2.20 bits per heavy atom. The van der Waals surface area contributed by atoms with E-state index in [1.807, 2.05) is 25.5 Å². The first-order chi connectivity index (χ1) is 12.2. The molecular formula is C20H28N4O. The number of hydrogen-bond acceptors (Lipinski definition) is 3. The zero-order valence-corrected chi connectivity index (χ0v) is 15.3. The van der Waals surface area contributed by atoms with Gasteiger partial charge in [0.25, 0.3) is 0 Å². The van der Waals surface area contributed by atoms with Crippen LogP contribution in [0, 0.1) is 12.8 Å². The van der Waals surface area contributed by atoms with Crippen molar-refractivity contribution in [2.75, 3.05) is 13.1 Å². The van der Waals surface area contributed by atoms with Crippen molar-refractivity contribution < 1.29 is 4.79 Å². The van der Waals surface area contributed by atoms with Gasteiger partial charge in [0.15, 0.2) is 0 Å². The number of piperidine rings is 1. The minimum atomic E-state index is 0.266. The number of pyridine rings is 1. The topological polar surface area (TPSA) is 51.0 Å². The van der Waals surface area contributed by atoms with E-state index < -0.39 is 0 Å². The summed E-state index contributed by atoms with van der Waals surface area (Å²) in [5.74, 6) is 1.86. The summed E-state index contributed by atoms with van der Waals surface area (Å²) < 4.78 is 2.09. The Kier molecular flexibility index (Phi) is 5.84. The fraction of sp³-hybridized carbons (Fsp3) is 0.550. The molecule has 3 rings (SSSR count). The van der Waals surface area contributed by atoms with E-state index in [2.05, 4.69) is 38.5 Å². The molecule has 1 saturated heterocycles. The summed E-state index contributed by atoms with van der Waals surface area (Å²) in [7, 11) is 0. The van der Waals surface area contributed by atoms with E-state index in [9.17, 15) is 4.79 Å². The van der Waals surface area contributed by atoms with Gasteiger partial charge >= 0.3 is 0 Å². The number of imidazole rings is 1. The molecule has 134 valence electrons. The van der Waals surface area contributed by atoms with Crippen molar-refractivity contribution in [1.82, 2.24) is 19.4 Å². The Labute approximate surface area is 150 Å². The van der Waals surface area contributed by atoms with E-state index in [-0.39, 0.29) is 5.91 Å². The van der Waals surface area contributed by atoms with Crippen LogP contribution < -0.4 is 0 Å². The average molecular weight is 340 g/mol. The Morgan fingerprint density at radius 1 is 1.32 bits per heavy atom. The summed E-state index contributed by atoms with van der Waals surface area (Å²) in [5.41, 5.74) is 2.33.